The molecule has 0 unspecified atom stereocenters. The highest BCUT2D eigenvalue weighted by atomic mass is 32.1. The van der Waals surface area contributed by atoms with Gasteiger partial charge in [0.1, 0.15) is 11.5 Å². The lowest BCUT2D eigenvalue weighted by atomic mass is 10.2. The number of rotatable bonds is 6. The van der Waals surface area contributed by atoms with Crippen LogP contribution >= 0.6 is 11.3 Å². The molecule has 23 heavy (non-hydrogen) atoms. The molecule has 0 saturated carbocycles. The summed E-state index contributed by atoms with van der Waals surface area (Å²) in [6.07, 6.45) is 0.836. The zero-order valence-corrected chi connectivity index (χ0v) is 13.3. The molecule has 1 atom stereocenters. The van der Waals surface area contributed by atoms with Gasteiger partial charge in [-0.2, -0.15) is 11.3 Å². The molecule has 3 rings (SSSR count). The van der Waals surface area contributed by atoms with Gasteiger partial charge in [-0.15, -0.1) is 5.10 Å². The second-order valence-corrected chi connectivity index (χ2v) is 5.87. The predicted octanol–water partition coefficient (Wildman–Crippen LogP) is 1.90. The molecule has 8 heteroatoms. The van der Waals surface area contributed by atoms with Gasteiger partial charge in [0.15, 0.2) is 5.69 Å². The Kier molecular flexibility index (Phi) is 4.54. The highest BCUT2D eigenvalue weighted by Crippen LogP contribution is 2.17. The maximum Gasteiger partial charge on any atom is 0.273 e. The number of aromatic nitrogens is 3. The molecule has 7 nitrogen and oxygen atoms in total. The van der Waals surface area contributed by atoms with Crippen molar-refractivity contribution in [3.63, 3.8) is 0 Å². The Morgan fingerprint density at radius 2 is 2.35 bits per heavy atom. The Morgan fingerprint density at radius 1 is 1.48 bits per heavy atom. The predicted molar refractivity (Wildman–Crippen MR) is 83.9 cm³/mol. The van der Waals surface area contributed by atoms with E-state index in [9.17, 15) is 9.90 Å². The van der Waals surface area contributed by atoms with Gasteiger partial charge in [0.2, 0.25) is 0 Å². The Balaban J connectivity index is 1.56. The van der Waals surface area contributed by atoms with E-state index in [-0.39, 0.29) is 24.7 Å². The molecule has 0 aliphatic heterocycles. The Labute approximate surface area is 136 Å². The molecule has 0 spiro atoms. The van der Waals surface area contributed by atoms with Crippen LogP contribution in [0.5, 0.6) is 0 Å². The molecule has 0 bridgehead atoms. The average Bonchev–Trinajstić information content (AvgIpc) is 3.26. The van der Waals surface area contributed by atoms with Gasteiger partial charge in [0.25, 0.3) is 5.91 Å². The summed E-state index contributed by atoms with van der Waals surface area (Å²) in [5, 5.41) is 24.3. The van der Waals surface area contributed by atoms with Crippen LogP contribution < -0.4 is 5.32 Å². The van der Waals surface area contributed by atoms with Gasteiger partial charge in [0, 0.05) is 0 Å². The second kappa shape index (κ2) is 6.76. The fraction of sp³-hybridized carbons (Fsp3) is 0.267. The number of thiophene rings is 1. The minimum absolute atomic E-state index is 0.200. The molecule has 0 fully saturated rings. The van der Waals surface area contributed by atoms with E-state index < -0.39 is 6.10 Å². The van der Waals surface area contributed by atoms with Crippen molar-refractivity contribution < 1.29 is 14.3 Å². The number of amides is 1. The number of furan rings is 1. The number of carbonyl (C=O) groups excluding carboxylic acids is 1. The molecule has 0 aromatic carbocycles. The van der Waals surface area contributed by atoms with Crippen molar-refractivity contribution in [3.8, 4) is 0 Å². The van der Waals surface area contributed by atoms with E-state index in [0.29, 0.717) is 5.76 Å². The minimum Gasteiger partial charge on any atom is -0.465 e. The number of hydrogen-bond donors (Lipinski definition) is 2. The van der Waals surface area contributed by atoms with Crippen LogP contribution in [-0.2, 0) is 13.1 Å². The van der Waals surface area contributed by atoms with E-state index in [1.165, 1.54) is 22.2 Å². The molecule has 3 aromatic rings. The lowest BCUT2D eigenvalue weighted by Crippen LogP contribution is -2.22. The largest absolute Gasteiger partial charge is 0.465 e. The van der Waals surface area contributed by atoms with Crippen LogP contribution in [0.1, 0.15) is 33.7 Å². The van der Waals surface area contributed by atoms with Crippen LogP contribution in [0.15, 0.2) is 39.6 Å². The molecule has 0 aliphatic rings. The minimum atomic E-state index is -0.676. The number of aryl methyl sites for hydroxylation is 1. The first kappa shape index (κ1) is 15.4. The summed E-state index contributed by atoms with van der Waals surface area (Å²) in [6.45, 7) is 2.38. The monoisotopic (exact) mass is 332 g/mol. The summed E-state index contributed by atoms with van der Waals surface area (Å²) in [6, 6.07) is 5.50. The van der Waals surface area contributed by atoms with Crippen LogP contribution in [0.2, 0.25) is 0 Å². The van der Waals surface area contributed by atoms with Gasteiger partial charge < -0.3 is 14.8 Å². The number of carbonyl (C=O) groups is 1. The molecule has 0 radical (unpaired) electrons. The van der Waals surface area contributed by atoms with Crippen molar-refractivity contribution in [3.05, 3.63) is 57.9 Å². The Morgan fingerprint density at radius 3 is 3.04 bits per heavy atom. The summed E-state index contributed by atoms with van der Waals surface area (Å²) < 4.78 is 6.83. The SMILES string of the molecule is Cc1ccc(CNC(=O)c2cn(C[C@H](O)c3ccsc3)nn2)o1. The summed E-state index contributed by atoms with van der Waals surface area (Å²) in [5.41, 5.74) is 1.02. The number of hydrogen-bond acceptors (Lipinski definition) is 6. The van der Waals surface area contributed by atoms with Crippen LogP contribution in [0.25, 0.3) is 0 Å². The normalized spacial score (nSPS) is 12.3. The van der Waals surface area contributed by atoms with Gasteiger partial charge >= 0.3 is 0 Å². The van der Waals surface area contributed by atoms with E-state index >= 15 is 0 Å². The fourth-order valence-electron chi connectivity index (χ4n) is 2.08. The van der Waals surface area contributed by atoms with Crippen molar-refractivity contribution >= 4 is 17.2 Å². The fourth-order valence-corrected chi connectivity index (χ4v) is 2.78. The van der Waals surface area contributed by atoms with Crippen LogP contribution in [0.4, 0.5) is 0 Å². The third-order valence-corrected chi connectivity index (χ3v) is 3.98. The summed E-state index contributed by atoms with van der Waals surface area (Å²) >= 11 is 1.52. The maximum atomic E-state index is 12.0. The summed E-state index contributed by atoms with van der Waals surface area (Å²) in [7, 11) is 0. The molecule has 1 amide bonds. The summed E-state index contributed by atoms with van der Waals surface area (Å²) in [4.78, 5) is 12.0. The highest BCUT2D eigenvalue weighted by molar-refractivity contribution is 7.07. The first-order valence-corrected chi connectivity index (χ1v) is 8.00. The number of aliphatic hydroxyl groups is 1. The van der Waals surface area contributed by atoms with Crippen molar-refractivity contribution in [1.29, 1.82) is 0 Å². The quantitative estimate of drug-likeness (QED) is 0.719. The summed E-state index contributed by atoms with van der Waals surface area (Å²) in [5.74, 6) is 1.13. The first-order chi connectivity index (χ1) is 11.1. The number of aliphatic hydroxyl groups excluding tert-OH is 1. The van der Waals surface area contributed by atoms with Crippen LogP contribution in [0, 0.1) is 6.92 Å². The van der Waals surface area contributed by atoms with Crippen molar-refractivity contribution in [2.75, 3.05) is 0 Å². The maximum absolute atomic E-state index is 12.0. The smallest absolute Gasteiger partial charge is 0.273 e. The standard InChI is InChI=1S/C15H16N4O3S/c1-10-2-3-12(22-10)6-16-15(21)13-7-19(18-17-13)8-14(20)11-4-5-23-9-11/h2-5,7,9,14,20H,6,8H2,1H3,(H,16,21)/t14-/m0/s1. The molecular weight excluding hydrogens is 316 g/mol. The van der Waals surface area contributed by atoms with Gasteiger partial charge in [-0.3, -0.25) is 4.79 Å². The lowest BCUT2D eigenvalue weighted by Gasteiger charge is -2.07. The first-order valence-electron chi connectivity index (χ1n) is 7.05. The van der Waals surface area contributed by atoms with Gasteiger partial charge in [-0.1, -0.05) is 5.21 Å². The number of nitrogens with zero attached hydrogens (tertiary/aromatic N) is 3. The molecule has 2 N–H and O–H groups in total. The molecule has 120 valence electrons. The van der Waals surface area contributed by atoms with Gasteiger partial charge in [0.05, 0.1) is 25.4 Å². The van der Waals surface area contributed by atoms with Gasteiger partial charge in [-0.05, 0) is 41.4 Å². The second-order valence-electron chi connectivity index (χ2n) is 5.09. The zero-order chi connectivity index (χ0) is 16.2. The third kappa shape index (κ3) is 3.85. The molecule has 0 saturated heterocycles. The lowest BCUT2D eigenvalue weighted by molar-refractivity contribution is 0.0942. The van der Waals surface area contributed by atoms with E-state index in [0.717, 1.165) is 11.3 Å². The Bertz CT molecular complexity index is 778. The van der Waals surface area contributed by atoms with Crippen LogP contribution in [0.3, 0.4) is 0 Å². The van der Waals surface area contributed by atoms with Crippen molar-refractivity contribution in [1.82, 2.24) is 20.3 Å². The highest BCUT2D eigenvalue weighted by Gasteiger charge is 2.14. The molecule has 0 aliphatic carbocycles. The van der Waals surface area contributed by atoms with Gasteiger partial charge in [-0.25, -0.2) is 4.68 Å². The average molecular weight is 332 g/mol. The Hall–Kier alpha value is -2.45. The van der Waals surface area contributed by atoms with E-state index in [1.807, 2.05) is 35.9 Å². The van der Waals surface area contributed by atoms with E-state index in [4.69, 9.17) is 4.42 Å². The topological polar surface area (TPSA) is 93.2 Å². The molecule has 3 heterocycles. The van der Waals surface area contributed by atoms with E-state index in [1.54, 1.807) is 0 Å². The van der Waals surface area contributed by atoms with Crippen molar-refractivity contribution in [2.24, 2.45) is 0 Å². The zero-order valence-electron chi connectivity index (χ0n) is 12.5. The molecular formula is C15H16N4O3S. The van der Waals surface area contributed by atoms with Crippen molar-refractivity contribution in [2.45, 2.75) is 26.1 Å². The van der Waals surface area contributed by atoms with E-state index in [2.05, 4.69) is 15.6 Å². The molecule has 3 aromatic heterocycles. The number of nitrogens with one attached hydrogen (secondary N) is 1. The van der Waals surface area contributed by atoms with Crippen LogP contribution in [-0.4, -0.2) is 26.0 Å². The third-order valence-electron chi connectivity index (χ3n) is 3.28.